The Balaban J connectivity index is 1.52. The molecule has 1 heterocycles. The van der Waals surface area contributed by atoms with Gasteiger partial charge in [0.15, 0.2) is 11.5 Å². The highest BCUT2D eigenvalue weighted by atomic mass is 16.7. The first-order valence-corrected chi connectivity index (χ1v) is 9.24. The fourth-order valence-electron chi connectivity index (χ4n) is 2.73. The molecule has 2 amide bonds. The fourth-order valence-corrected chi connectivity index (χ4v) is 2.73. The monoisotopic (exact) mass is 396 g/mol. The summed E-state index contributed by atoms with van der Waals surface area (Å²) in [7, 11) is 0. The Morgan fingerprint density at radius 2 is 1.83 bits per heavy atom. The van der Waals surface area contributed by atoms with E-state index in [1.165, 1.54) is 6.08 Å². The second-order valence-electron chi connectivity index (χ2n) is 7.40. The van der Waals surface area contributed by atoms with Gasteiger partial charge in [0, 0.05) is 11.8 Å². The van der Waals surface area contributed by atoms with Crippen molar-refractivity contribution in [2.24, 2.45) is 0 Å². The predicted octanol–water partition coefficient (Wildman–Crippen LogP) is 2.50. The highest BCUT2D eigenvalue weighted by Gasteiger charge is 2.19. The van der Waals surface area contributed by atoms with Gasteiger partial charge in [0.05, 0.1) is 18.6 Å². The molecule has 7 heteroatoms. The molecule has 0 fully saturated rings. The van der Waals surface area contributed by atoms with Crippen LogP contribution in [0.25, 0.3) is 6.08 Å². The Morgan fingerprint density at radius 1 is 1.10 bits per heavy atom. The van der Waals surface area contributed by atoms with Crippen molar-refractivity contribution in [1.82, 2.24) is 5.32 Å². The second-order valence-corrected chi connectivity index (χ2v) is 7.40. The topological polar surface area (TPSA) is 96.9 Å². The molecule has 0 radical (unpaired) electrons. The Kier molecular flexibility index (Phi) is 6.19. The molecule has 152 valence electrons. The number of benzene rings is 2. The van der Waals surface area contributed by atoms with Gasteiger partial charge in [0.1, 0.15) is 0 Å². The molecular weight excluding hydrogens is 372 g/mol. The lowest BCUT2D eigenvalue weighted by molar-refractivity contribution is -0.122. The van der Waals surface area contributed by atoms with Crippen LogP contribution in [0.5, 0.6) is 11.5 Å². The fraction of sp³-hybridized carbons (Fsp3) is 0.273. The maximum atomic E-state index is 12.1. The standard InChI is InChI=1S/C22H24N2O5/c1-22(2,13-25)24-21(27)12-16-3-7-17(8-4-16)23-20(26)10-6-15-5-9-18-19(11-15)29-14-28-18/h3-11,25H,12-14H2,1-2H3,(H,23,26)(H,24,27)/b10-6+. The van der Waals surface area contributed by atoms with Crippen molar-refractivity contribution in [2.75, 3.05) is 18.7 Å². The molecule has 0 saturated carbocycles. The quantitative estimate of drug-likeness (QED) is 0.625. The molecule has 0 bridgehead atoms. The maximum Gasteiger partial charge on any atom is 0.248 e. The lowest BCUT2D eigenvalue weighted by Gasteiger charge is -2.23. The van der Waals surface area contributed by atoms with E-state index in [4.69, 9.17) is 9.47 Å². The molecule has 1 aliphatic heterocycles. The minimum atomic E-state index is -0.657. The van der Waals surface area contributed by atoms with Crippen molar-refractivity contribution in [3.05, 3.63) is 59.7 Å². The number of rotatable bonds is 7. The molecule has 0 spiro atoms. The van der Waals surface area contributed by atoms with Crippen LogP contribution in [0.15, 0.2) is 48.5 Å². The zero-order valence-electron chi connectivity index (χ0n) is 16.4. The Labute approximate surface area is 169 Å². The minimum absolute atomic E-state index is 0.135. The minimum Gasteiger partial charge on any atom is -0.454 e. The number of anilines is 1. The lowest BCUT2D eigenvalue weighted by atomic mass is 10.1. The van der Waals surface area contributed by atoms with E-state index in [1.807, 2.05) is 12.1 Å². The predicted molar refractivity (Wildman–Crippen MR) is 110 cm³/mol. The van der Waals surface area contributed by atoms with Gasteiger partial charge in [-0.3, -0.25) is 9.59 Å². The number of fused-ring (bicyclic) bond motifs is 1. The summed E-state index contributed by atoms with van der Waals surface area (Å²) in [4.78, 5) is 24.2. The molecular formula is C22H24N2O5. The van der Waals surface area contributed by atoms with Crippen LogP contribution in [0.1, 0.15) is 25.0 Å². The van der Waals surface area contributed by atoms with Crippen LogP contribution >= 0.6 is 0 Å². The summed E-state index contributed by atoms with van der Waals surface area (Å²) in [6.45, 7) is 3.57. The molecule has 0 saturated heterocycles. The van der Waals surface area contributed by atoms with Crippen LogP contribution in [-0.4, -0.2) is 35.9 Å². The number of ether oxygens (including phenoxy) is 2. The van der Waals surface area contributed by atoms with Crippen molar-refractivity contribution in [3.63, 3.8) is 0 Å². The molecule has 0 unspecified atom stereocenters. The van der Waals surface area contributed by atoms with Gasteiger partial charge >= 0.3 is 0 Å². The van der Waals surface area contributed by atoms with Gasteiger partial charge in [-0.1, -0.05) is 18.2 Å². The zero-order valence-corrected chi connectivity index (χ0v) is 16.4. The first-order valence-electron chi connectivity index (χ1n) is 9.24. The Morgan fingerprint density at radius 3 is 2.55 bits per heavy atom. The van der Waals surface area contributed by atoms with E-state index in [-0.39, 0.29) is 31.6 Å². The van der Waals surface area contributed by atoms with Gasteiger partial charge in [-0.15, -0.1) is 0 Å². The number of hydrogen-bond acceptors (Lipinski definition) is 5. The highest BCUT2D eigenvalue weighted by Crippen LogP contribution is 2.32. The molecule has 0 atom stereocenters. The van der Waals surface area contributed by atoms with Crippen molar-refractivity contribution < 1.29 is 24.2 Å². The first-order chi connectivity index (χ1) is 13.8. The lowest BCUT2D eigenvalue weighted by Crippen LogP contribution is -2.46. The number of aliphatic hydroxyl groups excluding tert-OH is 1. The van der Waals surface area contributed by atoms with Gasteiger partial charge in [-0.2, -0.15) is 0 Å². The molecule has 2 aromatic rings. The molecule has 3 N–H and O–H groups in total. The zero-order chi connectivity index (χ0) is 20.9. The molecule has 7 nitrogen and oxygen atoms in total. The van der Waals surface area contributed by atoms with Crippen LogP contribution in [0.3, 0.4) is 0 Å². The number of nitrogens with one attached hydrogen (secondary N) is 2. The van der Waals surface area contributed by atoms with E-state index in [9.17, 15) is 14.7 Å². The SMILES string of the molecule is CC(C)(CO)NC(=O)Cc1ccc(NC(=O)/C=C/c2ccc3c(c2)OCO3)cc1. The van der Waals surface area contributed by atoms with Crippen LogP contribution < -0.4 is 20.1 Å². The summed E-state index contributed by atoms with van der Waals surface area (Å²) in [5.74, 6) is 0.917. The van der Waals surface area contributed by atoms with Crippen LogP contribution in [-0.2, 0) is 16.0 Å². The van der Waals surface area contributed by atoms with Gasteiger partial charge in [0.25, 0.3) is 0 Å². The van der Waals surface area contributed by atoms with Crippen LogP contribution in [0, 0.1) is 0 Å². The van der Waals surface area contributed by atoms with Gasteiger partial charge in [-0.05, 0) is 55.3 Å². The molecule has 1 aliphatic rings. The van der Waals surface area contributed by atoms with E-state index in [1.54, 1.807) is 50.3 Å². The third-order valence-electron chi connectivity index (χ3n) is 4.28. The number of amides is 2. The highest BCUT2D eigenvalue weighted by molar-refractivity contribution is 6.02. The van der Waals surface area contributed by atoms with Crippen LogP contribution in [0.4, 0.5) is 5.69 Å². The van der Waals surface area contributed by atoms with Crippen molar-refractivity contribution in [2.45, 2.75) is 25.8 Å². The average molecular weight is 396 g/mol. The van der Waals surface area contributed by atoms with Crippen molar-refractivity contribution in [1.29, 1.82) is 0 Å². The van der Waals surface area contributed by atoms with Gasteiger partial charge in [-0.25, -0.2) is 0 Å². The third kappa shape index (κ3) is 5.83. The molecule has 2 aromatic carbocycles. The summed E-state index contributed by atoms with van der Waals surface area (Å²) in [5, 5.41) is 14.8. The molecule has 29 heavy (non-hydrogen) atoms. The summed E-state index contributed by atoms with van der Waals surface area (Å²) in [6, 6.07) is 12.5. The van der Waals surface area contributed by atoms with Crippen molar-refractivity contribution in [3.8, 4) is 11.5 Å². The van der Waals surface area contributed by atoms with Crippen LogP contribution in [0.2, 0.25) is 0 Å². The molecule has 3 rings (SSSR count). The largest absolute Gasteiger partial charge is 0.454 e. The normalized spacial score (nSPS) is 12.8. The smallest absolute Gasteiger partial charge is 0.248 e. The first kappa shape index (κ1) is 20.4. The Bertz CT molecular complexity index is 919. The van der Waals surface area contributed by atoms with Crippen molar-refractivity contribution >= 4 is 23.6 Å². The number of carbonyl (C=O) groups is 2. The molecule has 0 aromatic heterocycles. The Hall–Kier alpha value is -3.32. The number of aliphatic hydroxyl groups is 1. The summed E-state index contributed by atoms with van der Waals surface area (Å²) >= 11 is 0. The van der Waals surface area contributed by atoms with Gasteiger partial charge < -0.3 is 25.2 Å². The summed E-state index contributed by atoms with van der Waals surface area (Å²) in [5.41, 5.74) is 1.61. The van der Waals surface area contributed by atoms with E-state index in [2.05, 4.69) is 10.6 Å². The number of carbonyl (C=O) groups excluding carboxylic acids is 2. The van der Waals surface area contributed by atoms with E-state index in [0.717, 1.165) is 11.1 Å². The number of hydrogen-bond donors (Lipinski definition) is 3. The molecule has 0 aliphatic carbocycles. The van der Waals surface area contributed by atoms with E-state index < -0.39 is 5.54 Å². The van der Waals surface area contributed by atoms with E-state index >= 15 is 0 Å². The van der Waals surface area contributed by atoms with Gasteiger partial charge in [0.2, 0.25) is 18.6 Å². The summed E-state index contributed by atoms with van der Waals surface area (Å²) in [6.07, 6.45) is 3.33. The van der Waals surface area contributed by atoms with E-state index in [0.29, 0.717) is 17.2 Å². The average Bonchev–Trinajstić information content (AvgIpc) is 3.15. The maximum absolute atomic E-state index is 12.1. The second kappa shape index (κ2) is 8.79. The summed E-state index contributed by atoms with van der Waals surface area (Å²) < 4.78 is 10.6. The third-order valence-corrected chi connectivity index (χ3v) is 4.28.